The summed E-state index contributed by atoms with van der Waals surface area (Å²) in [6, 6.07) is 0. The summed E-state index contributed by atoms with van der Waals surface area (Å²) < 4.78 is 65.2. The van der Waals surface area contributed by atoms with Crippen molar-refractivity contribution in [3.05, 3.63) is 0 Å². The molecule has 0 spiro atoms. The molecular weight excluding hydrogens is 287 g/mol. The van der Waals surface area contributed by atoms with Crippen molar-refractivity contribution in [1.82, 2.24) is 4.72 Å². The average molecular weight is 299 g/mol. The molecule has 3 fully saturated rings. The normalized spacial score (nSPS) is 40.8. The molecule has 3 rings (SSSR count). The number of sulfonamides is 1. The molecule has 5 atom stereocenters. The van der Waals surface area contributed by atoms with Crippen LogP contribution in [0.15, 0.2) is 0 Å². The number of carbonyl (C=O) groups excluding carboxylic acids is 1. The maximum absolute atomic E-state index is 12.2. The third kappa shape index (κ3) is 1.85. The van der Waals surface area contributed by atoms with Crippen molar-refractivity contribution in [2.75, 3.05) is 6.54 Å². The van der Waals surface area contributed by atoms with Crippen LogP contribution >= 0.6 is 0 Å². The molecule has 19 heavy (non-hydrogen) atoms. The van der Waals surface area contributed by atoms with Gasteiger partial charge in [0.1, 0.15) is 6.10 Å². The molecule has 9 heteroatoms. The molecule has 2 aliphatic carbocycles. The molecule has 0 aromatic carbocycles. The largest absolute Gasteiger partial charge is 0.511 e. The fourth-order valence-electron chi connectivity index (χ4n) is 3.65. The van der Waals surface area contributed by atoms with E-state index < -0.39 is 21.6 Å². The van der Waals surface area contributed by atoms with Crippen LogP contribution in [0.25, 0.3) is 0 Å². The van der Waals surface area contributed by atoms with Gasteiger partial charge in [-0.05, 0) is 18.8 Å². The van der Waals surface area contributed by atoms with E-state index in [9.17, 15) is 26.4 Å². The van der Waals surface area contributed by atoms with Gasteiger partial charge in [-0.1, -0.05) is 0 Å². The van der Waals surface area contributed by atoms with Gasteiger partial charge in [0.05, 0.1) is 5.92 Å². The first-order chi connectivity index (χ1) is 8.71. The van der Waals surface area contributed by atoms with Gasteiger partial charge in [0.2, 0.25) is 0 Å². The van der Waals surface area contributed by atoms with Crippen molar-refractivity contribution < 1.29 is 31.1 Å². The molecule has 0 radical (unpaired) electrons. The van der Waals surface area contributed by atoms with Crippen LogP contribution in [0.1, 0.15) is 12.8 Å². The molecule has 0 aromatic heterocycles. The van der Waals surface area contributed by atoms with Crippen LogP contribution in [-0.4, -0.2) is 32.5 Å². The van der Waals surface area contributed by atoms with E-state index in [4.69, 9.17) is 4.74 Å². The number of alkyl halides is 3. The Hall–Kier alpha value is -0.830. The van der Waals surface area contributed by atoms with Crippen molar-refractivity contribution in [2.24, 2.45) is 23.7 Å². The van der Waals surface area contributed by atoms with Gasteiger partial charge in [-0.2, -0.15) is 13.2 Å². The summed E-state index contributed by atoms with van der Waals surface area (Å²) in [6.07, 6.45) is 0.907. The number of hydrogen-bond acceptors (Lipinski definition) is 4. The maximum Gasteiger partial charge on any atom is 0.511 e. The SMILES string of the molecule is O=C1OC2C(CNS(=O)(=O)C(F)(F)F)C3CC1C2C3. The Morgan fingerprint density at radius 3 is 2.63 bits per heavy atom. The first kappa shape index (κ1) is 13.2. The standard InChI is InChI=1S/C10H12F3NO4S/c11-10(12,13)19(16,17)14-3-7-4-1-5-6(2-4)9(15)18-8(5)7/h4-8,14H,1-3H2. The summed E-state index contributed by atoms with van der Waals surface area (Å²) in [6.45, 7) is -0.326. The smallest absolute Gasteiger partial charge is 0.461 e. The van der Waals surface area contributed by atoms with Crippen molar-refractivity contribution in [3.63, 3.8) is 0 Å². The second kappa shape index (κ2) is 3.85. The first-order valence-electron chi connectivity index (χ1n) is 5.97. The lowest BCUT2D eigenvalue weighted by Crippen LogP contribution is -2.42. The highest BCUT2D eigenvalue weighted by molar-refractivity contribution is 7.90. The fraction of sp³-hybridized carbons (Fsp3) is 0.900. The summed E-state index contributed by atoms with van der Waals surface area (Å²) >= 11 is 0. The molecule has 2 bridgehead atoms. The van der Waals surface area contributed by atoms with E-state index in [1.165, 1.54) is 0 Å². The highest BCUT2D eigenvalue weighted by Crippen LogP contribution is 2.57. The van der Waals surface area contributed by atoms with Gasteiger partial charge in [0.25, 0.3) is 0 Å². The van der Waals surface area contributed by atoms with Crippen molar-refractivity contribution in [3.8, 4) is 0 Å². The number of halogens is 3. The zero-order chi connectivity index (χ0) is 14.0. The Morgan fingerprint density at radius 1 is 1.32 bits per heavy atom. The Balaban J connectivity index is 1.69. The summed E-state index contributed by atoms with van der Waals surface area (Å²) in [5.41, 5.74) is -5.31. The predicted molar refractivity (Wildman–Crippen MR) is 56.1 cm³/mol. The third-order valence-electron chi connectivity index (χ3n) is 4.47. The molecule has 1 N–H and O–H groups in total. The number of rotatable bonds is 3. The molecule has 108 valence electrons. The van der Waals surface area contributed by atoms with Gasteiger partial charge >= 0.3 is 21.5 Å². The second-order valence-corrected chi connectivity index (χ2v) is 7.12. The zero-order valence-corrected chi connectivity index (χ0v) is 10.5. The highest BCUT2D eigenvalue weighted by Gasteiger charge is 2.61. The van der Waals surface area contributed by atoms with Crippen LogP contribution in [0, 0.1) is 23.7 Å². The molecule has 1 saturated heterocycles. The van der Waals surface area contributed by atoms with Crippen molar-refractivity contribution >= 4 is 16.0 Å². The summed E-state index contributed by atoms with van der Waals surface area (Å²) in [5, 5.41) is 0. The van der Waals surface area contributed by atoms with Crippen LogP contribution in [0.2, 0.25) is 0 Å². The minimum absolute atomic E-state index is 0.0536. The lowest BCUT2D eigenvalue weighted by Gasteiger charge is -2.25. The quantitative estimate of drug-likeness (QED) is 0.776. The zero-order valence-electron chi connectivity index (χ0n) is 9.68. The number of hydrogen-bond donors (Lipinski definition) is 1. The third-order valence-corrected chi connectivity index (χ3v) is 5.62. The number of ether oxygens (including phenoxy) is 1. The topological polar surface area (TPSA) is 72.5 Å². The Kier molecular flexibility index (Phi) is 2.66. The van der Waals surface area contributed by atoms with Gasteiger partial charge in [-0.15, -0.1) is 0 Å². The van der Waals surface area contributed by atoms with E-state index in [0.717, 1.165) is 6.42 Å². The van der Waals surface area contributed by atoms with Gasteiger partial charge in [-0.25, -0.2) is 13.1 Å². The molecule has 0 aromatic rings. The Morgan fingerprint density at radius 2 is 2.00 bits per heavy atom. The lowest BCUT2D eigenvalue weighted by atomic mass is 9.82. The van der Waals surface area contributed by atoms with Crippen LogP contribution in [0.4, 0.5) is 13.2 Å². The van der Waals surface area contributed by atoms with Gasteiger partial charge in [-0.3, -0.25) is 4.79 Å². The van der Waals surface area contributed by atoms with E-state index in [1.54, 1.807) is 4.72 Å². The van der Waals surface area contributed by atoms with Crippen LogP contribution in [0.5, 0.6) is 0 Å². The molecular formula is C10H12F3NO4S. The highest BCUT2D eigenvalue weighted by atomic mass is 32.2. The number of fused-ring (bicyclic) bond motifs is 1. The fourth-order valence-corrected chi connectivity index (χ4v) is 4.22. The van der Waals surface area contributed by atoms with E-state index in [-0.39, 0.29) is 36.2 Å². The molecule has 1 heterocycles. The van der Waals surface area contributed by atoms with Gasteiger partial charge in [0, 0.05) is 18.4 Å². The van der Waals surface area contributed by atoms with E-state index in [2.05, 4.69) is 0 Å². The Bertz CT molecular complexity index is 517. The van der Waals surface area contributed by atoms with E-state index in [1.807, 2.05) is 0 Å². The molecule has 1 aliphatic heterocycles. The van der Waals surface area contributed by atoms with Gasteiger partial charge < -0.3 is 4.74 Å². The van der Waals surface area contributed by atoms with Crippen LogP contribution in [-0.2, 0) is 19.6 Å². The second-order valence-electron chi connectivity index (χ2n) is 5.36. The van der Waals surface area contributed by atoms with Crippen molar-refractivity contribution in [2.45, 2.75) is 24.5 Å². The number of carbonyl (C=O) groups is 1. The molecule has 0 amide bonds. The van der Waals surface area contributed by atoms with E-state index in [0.29, 0.717) is 6.42 Å². The average Bonchev–Trinajstić information content (AvgIpc) is 2.86. The van der Waals surface area contributed by atoms with E-state index >= 15 is 0 Å². The lowest BCUT2D eigenvalue weighted by molar-refractivity contribution is -0.144. The van der Waals surface area contributed by atoms with Crippen molar-refractivity contribution in [1.29, 1.82) is 0 Å². The minimum Gasteiger partial charge on any atom is -0.461 e. The maximum atomic E-state index is 12.2. The number of esters is 1. The number of nitrogens with one attached hydrogen (secondary N) is 1. The molecule has 5 unspecified atom stereocenters. The summed E-state index contributed by atoms with van der Waals surface area (Å²) in [7, 11) is -5.32. The molecule has 2 saturated carbocycles. The molecule has 5 nitrogen and oxygen atoms in total. The predicted octanol–water partition coefficient (Wildman–Crippen LogP) is 0.623. The van der Waals surface area contributed by atoms with Crippen LogP contribution < -0.4 is 4.72 Å². The summed E-state index contributed by atoms with van der Waals surface area (Å²) in [5.74, 6) is -0.644. The van der Waals surface area contributed by atoms with Crippen LogP contribution in [0.3, 0.4) is 0 Å². The first-order valence-corrected chi connectivity index (χ1v) is 7.45. The Labute approximate surface area is 107 Å². The monoisotopic (exact) mass is 299 g/mol. The minimum atomic E-state index is -5.32. The summed E-state index contributed by atoms with van der Waals surface area (Å²) in [4.78, 5) is 11.5. The van der Waals surface area contributed by atoms with Gasteiger partial charge in [0.15, 0.2) is 0 Å². The molecule has 3 aliphatic rings.